The maximum atomic E-state index is 12.3. The molecule has 0 aliphatic rings. The van der Waals surface area contributed by atoms with E-state index in [0.29, 0.717) is 11.0 Å². The van der Waals surface area contributed by atoms with Crippen molar-refractivity contribution < 1.29 is 18.7 Å². The SMILES string of the molecule is Cc1ccc2oc(C(=O)OCC(=O)N[C@@H](C)c3cccc4ccccc34)cc(=O)c2c1. The first-order chi connectivity index (χ1) is 14.9. The fraction of sp³-hybridized carbons (Fsp3) is 0.160. The van der Waals surface area contributed by atoms with E-state index in [4.69, 9.17) is 9.15 Å². The fourth-order valence-electron chi connectivity index (χ4n) is 3.56. The van der Waals surface area contributed by atoms with Crippen LogP contribution in [-0.2, 0) is 9.53 Å². The smallest absolute Gasteiger partial charge is 0.374 e. The summed E-state index contributed by atoms with van der Waals surface area (Å²) in [5, 5.41) is 5.34. The number of benzene rings is 3. The summed E-state index contributed by atoms with van der Waals surface area (Å²) in [7, 11) is 0. The number of hydrogen-bond donors (Lipinski definition) is 1. The fourth-order valence-corrected chi connectivity index (χ4v) is 3.56. The quantitative estimate of drug-likeness (QED) is 0.492. The third-order valence-corrected chi connectivity index (χ3v) is 5.09. The summed E-state index contributed by atoms with van der Waals surface area (Å²) < 4.78 is 10.5. The normalized spacial score (nSPS) is 11.9. The van der Waals surface area contributed by atoms with Gasteiger partial charge < -0.3 is 14.5 Å². The molecule has 156 valence electrons. The monoisotopic (exact) mass is 415 g/mol. The molecule has 0 unspecified atom stereocenters. The first-order valence-corrected chi connectivity index (χ1v) is 9.91. The molecular formula is C25H21NO5. The van der Waals surface area contributed by atoms with Crippen molar-refractivity contribution in [2.24, 2.45) is 0 Å². The zero-order valence-corrected chi connectivity index (χ0v) is 17.2. The van der Waals surface area contributed by atoms with Crippen molar-refractivity contribution >= 4 is 33.6 Å². The van der Waals surface area contributed by atoms with E-state index >= 15 is 0 Å². The molecule has 0 aliphatic heterocycles. The average Bonchev–Trinajstić information content (AvgIpc) is 2.77. The maximum Gasteiger partial charge on any atom is 0.374 e. The second kappa shape index (κ2) is 8.44. The van der Waals surface area contributed by atoms with Crippen molar-refractivity contribution in [3.05, 3.63) is 93.8 Å². The highest BCUT2D eigenvalue weighted by molar-refractivity contribution is 5.91. The lowest BCUT2D eigenvalue weighted by Crippen LogP contribution is -2.31. The molecule has 3 aromatic carbocycles. The van der Waals surface area contributed by atoms with Crippen molar-refractivity contribution in [3.63, 3.8) is 0 Å². The molecule has 1 heterocycles. The molecule has 0 bridgehead atoms. The lowest BCUT2D eigenvalue weighted by atomic mass is 10.00. The molecule has 31 heavy (non-hydrogen) atoms. The first-order valence-electron chi connectivity index (χ1n) is 9.91. The summed E-state index contributed by atoms with van der Waals surface area (Å²) in [6, 6.07) is 19.7. The van der Waals surface area contributed by atoms with Crippen LogP contribution in [0, 0.1) is 6.92 Å². The Hall–Kier alpha value is -3.93. The van der Waals surface area contributed by atoms with Gasteiger partial charge in [0.05, 0.1) is 11.4 Å². The average molecular weight is 415 g/mol. The summed E-state index contributed by atoms with van der Waals surface area (Å²) in [5.41, 5.74) is 1.82. The molecule has 1 aromatic heterocycles. The van der Waals surface area contributed by atoms with Gasteiger partial charge in [0, 0.05) is 6.07 Å². The van der Waals surface area contributed by atoms with E-state index in [1.807, 2.05) is 56.3 Å². The minimum Gasteiger partial charge on any atom is -0.450 e. The first kappa shape index (κ1) is 20.3. The van der Waals surface area contributed by atoms with Crippen LogP contribution in [0.2, 0.25) is 0 Å². The molecule has 4 rings (SSSR count). The van der Waals surface area contributed by atoms with Gasteiger partial charge in [0.2, 0.25) is 5.76 Å². The Morgan fingerprint density at radius 2 is 1.77 bits per heavy atom. The van der Waals surface area contributed by atoms with Gasteiger partial charge in [-0.1, -0.05) is 54.1 Å². The number of carbonyl (C=O) groups excluding carboxylic acids is 2. The molecule has 0 saturated carbocycles. The van der Waals surface area contributed by atoms with E-state index in [2.05, 4.69) is 5.32 Å². The molecule has 0 radical (unpaired) electrons. The summed E-state index contributed by atoms with van der Waals surface area (Å²) in [6.45, 7) is 3.24. The number of amides is 1. The Kier molecular flexibility index (Phi) is 5.54. The highest BCUT2D eigenvalue weighted by Gasteiger charge is 2.17. The molecule has 0 fully saturated rings. The lowest BCUT2D eigenvalue weighted by Gasteiger charge is -2.16. The van der Waals surface area contributed by atoms with Crippen LogP contribution < -0.4 is 10.7 Å². The lowest BCUT2D eigenvalue weighted by molar-refractivity contribution is -0.124. The number of esters is 1. The van der Waals surface area contributed by atoms with Gasteiger partial charge in [0.1, 0.15) is 5.58 Å². The Morgan fingerprint density at radius 1 is 1.00 bits per heavy atom. The molecule has 0 spiro atoms. The molecule has 6 nitrogen and oxygen atoms in total. The molecule has 4 aromatic rings. The van der Waals surface area contributed by atoms with Crippen LogP contribution in [0.1, 0.15) is 34.6 Å². The van der Waals surface area contributed by atoms with Crippen molar-refractivity contribution in [3.8, 4) is 0 Å². The predicted octanol–water partition coefficient (Wildman–Crippen LogP) is 4.29. The number of ether oxygens (including phenoxy) is 1. The molecule has 1 atom stereocenters. The van der Waals surface area contributed by atoms with E-state index in [0.717, 1.165) is 28.0 Å². The molecule has 0 aliphatic carbocycles. The van der Waals surface area contributed by atoms with Crippen LogP contribution in [0.4, 0.5) is 0 Å². The highest BCUT2D eigenvalue weighted by Crippen LogP contribution is 2.24. The van der Waals surface area contributed by atoms with Crippen LogP contribution in [0.25, 0.3) is 21.7 Å². The number of rotatable bonds is 5. The number of hydrogen-bond acceptors (Lipinski definition) is 5. The van der Waals surface area contributed by atoms with Crippen molar-refractivity contribution in [1.82, 2.24) is 5.32 Å². The van der Waals surface area contributed by atoms with Crippen molar-refractivity contribution in [2.45, 2.75) is 19.9 Å². The van der Waals surface area contributed by atoms with Crippen LogP contribution in [-0.4, -0.2) is 18.5 Å². The minimum absolute atomic E-state index is 0.240. The Morgan fingerprint density at radius 3 is 2.61 bits per heavy atom. The van der Waals surface area contributed by atoms with Gasteiger partial charge in [-0.2, -0.15) is 0 Å². The van der Waals surface area contributed by atoms with Gasteiger partial charge in [-0.15, -0.1) is 0 Å². The second-order valence-corrected chi connectivity index (χ2v) is 7.41. The van der Waals surface area contributed by atoms with E-state index in [9.17, 15) is 14.4 Å². The third-order valence-electron chi connectivity index (χ3n) is 5.09. The standard InChI is InChI=1S/C25H21NO5/c1-15-10-11-22-20(12-15)21(27)13-23(31-22)25(29)30-14-24(28)26-16(2)18-9-5-7-17-6-3-4-8-19(17)18/h3-13,16H,14H2,1-2H3,(H,26,28)/t16-/m0/s1. The van der Waals surface area contributed by atoms with Gasteiger partial charge in [0.15, 0.2) is 12.0 Å². The number of aryl methyl sites for hydroxylation is 1. The molecule has 0 saturated heterocycles. The number of carbonyl (C=O) groups is 2. The van der Waals surface area contributed by atoms with E-state index in [1.165, 1.54) is 0 Å². The summed E-state index contributed by atoms with van der Waals surface area (Å²) in [5.74, 6) is -1.56. The minimum atomic E-state index is -0.868. The molecule has 1 amide bonds. The van der Waals surface area contributed by atoms with Gasteiger partial charge in [0.25, 0.3) is 5.91 Å². The predicted molar refractivity (Wildman–Crippen MR) is 118 cm³/mol. The highest BCUT2D eigenvalue weighted by atomic mass is 16.5. The second-order valence-electron chi connectivity index (χ2n) is 7.41. The summed E-state index contributed by atoms with van der Waals surface area (Å²) >= 11 is 0. The van der Waals surface area contributed by atoms with Crippen LogP contribution >= 0.6 is 0 Å². The van der Waals surface area contributed by atoms with Crippen LogP contribution in [0.15, 0.2) is 75.9 Å². The maximum absolute atomic E-state index is 12.3. The Bertz CT molecular complexity index is 1350. The summed E-state index contributed by atoms with van der Waals surface area (Å²) in [4.78, 5) is 36.9. The van der Waals surface area contributed by atoms with Gasteiger partial charge in [-0.3, -0.25) is 9.59 Å². The summed E-state index contributed by atoms with van der Waals surface area (Å²) in [6.07, 6.45) is 0. The third kappa shape index (κ3) is 4.33. The van der Waals surface area contributed by atoms with Crippen LogP contribution in [0.5, 0.6) is 0 Å². The Labute approximate surface area is 178 Å². The number of fused-ring (bicyclic) bond motifs is 2. The molecular weight excluding hydrogens is 394 g/mol. The van der Waals surface area contributed by atoms with Gasteiger partial charge >= 0.3 is 5.97 Å². The molecule has 6 heteroatoms. The van der Waals surface area contributed by atoms with E-state index < -0.39 is 18.5 Å². The largest absolute Gasteiger partial charge is 0.450 e. The van der Waals surface area contributed by atoms with Gasteiger partial charge in [-0.25, -0.2) is 4.79 Å². The van der Waals surface area contributed by atoms with Crippen molar-refractivity contribution in [1.29, 1.82) is 0 Å². The zero-order valence-electron chi connectivity index (χ0n) is 17.2. The van der Waals surface area contributed by atoms with E-state index in [-0.39, 0.29) is 17.2 Å². The van der Waals surface area contributed by atoms with E-state index in [1.54, 1.807) is 18.2 Å². The van der Waals surface area contributed by atoms with Crippen LogP contribution in [0.3, 0.4) is 0 Å². The molecule has 1 N–H and O–H groups in total. The van der Waals surface area contributed by atoms with Gasteiger partial charge in [-0.05, 0) is 42.3 Å². The van der Waals surface area contributed by atoms with Crippen molar-refractivity contribution in [2.75, 3.05) is 6.61 Å². The Balaban J connectivity index is 1.42. The number of nitrogens with one attached hydrogen (secondary N) is 1. The zero-order chi connectivity index (χ0) is 22.0. The topological polar surface area (TPSA) is 85.6 Å².